The summed E-state index contributed by atoms with van der Waals surface area (Å²) >= 11 is 1.73. The number of hydrogen-bond acceptors (Lipinski definition) is 5. The van der Waals surface area contributed by atoms with Crippen molar-refractivity contribution < 1.29 is 18.0 Å². The number of carbonyl (C=O) groups excluding carboxylic acids is 2. The van der Waals surface area contributed by atoms with E-state index >= 15 is 0 Å². The summed E-state index contributed by atoms with van der Waals surface area (Å²) in [6.45, 7) is 2.61. The maximum absolute atomic E-state index is 12.8. The lowest BCUT2D eigenvalue weighted by atomic mass is 10.1. The average Bonchev–Trinajstić information content (AvgIpc) is 2.74. The van der Waals surface area contributed by atoms with E-state index in [1.165, 1.54) is 41.1 Å². The van der Waals surface area contributed by atoms with Crippen LogP contribution in [0.5, 0.6) is 0 Å². The molecular weight excluding hydrogens is 408 g/mol. The first-order valence-electron chi connectivity index (χ1n) is 9.31. The van der Waals surface area contributed by atoms with E-state index in [4.69, 9.17) is 0 Å². The van der Waals surface area contributed by atoms with Gasteiger partial charge in [0.15, 0.2) is 5.78 Å². The zero-order valence-corrected chi connectivity index (χ0v) is 18.1. The first kappa shape index (κ1) is 21.5. The minimum atomic E-state index is -3.65. The summed E-state index contributed by atoms with van der Waals surface area (Å²) in [5.74, 6) is 0.712. The maximum atomic E-state index is 12.8. The van der Waals surface area contributed by atoms with Gasteiger partial charge in [0.05, 0.1) is 4.90 Å². The number of ketones is 1. The fraction of sp³-hybridized carbons (Fsp3) is 0.333. The van der Waals surface area contributed by atoms with Crippen molar-refractivity contribution in [1.82, 2.24) is 9.21 Å². The standard InChI is InChI=1S/C21H24N2O4S2/c1-16(24)18-7-9-20(10-8-18)29(26,27)23-13-11-22(12-14-23)21(25)19-5-3-17(4-6-19)15-28-2/h3-10H,11-15H2,1-2H3. The van der Waals surface area contributed by atoms with Gasteiger partial charge in [0.25, 0.3) is 5.91 Å². The second-order valence-electron chi connectivity index (χ2n) is 6.91. The molecule has 29 heavy (non-hydrogen) atoms. The van der Waals surface area contributed by atoms with Gasteiger partial charge in [-0.1, -0.05) is 24.3 Å². The molecule has 0 aliphatic carbocycles. The molecule has 1 fully saturated rings. The monoisotopic (exact) mass is 432 g/mol. The molecule has 0 aromatic heterocycles. The Morgan fingerprint density at radius 3 is 1.97 bits per heavy atom. The number of amides is 1. The van der Waals surface area contributed by atoms with Gasteiger partial charge < -0.3 is 4.90 Å². The van der Waals surface area contributed by atoms with Crippen LogP contribution in [0.25, 0.3) is 0 Å². The summed E-state index contributed by atoms with van der Waals surface area (Å²) < 4.78 is 27.1. The molecule has 3 rings (SSSR count). The van der Waals surface area contributed by atoms with Crippen molar-refractivity contribution in [2.45, 2.75) is 17.6 Å². The van der Waals surface area contributed by atoms with Gasteiger partial charge in [0.1, 0.15) is 0 Å². The van der Waals surface area contributed by atoms with Gasteiger partial charge in [-0.05, 0) is 43.0 Å². The second kappa shape index (κ2) is 9.11. The van der Waals surface area contributed by atoms with Crippen molar-refractivity contribution in [2.75, 3.05) is 32.4 Å². The lowest BCUT2D eigenvalue weighted by molar-refractivity contribution is 0.0698. The van der Waals surface area contributed by atoms with E-state index in [0.717, 1.165) is 5.75 Å². The highest BCUT2D eigenvalue weighted by molar-refractivity contribution is 7.97. The van der Waals surface area contributed by atoms with Crippen molar-refractivity contribution in [1.29, 1.82) is 0 Å². The van der Waals surface area contributed by atoms with Gasteiger partial charge >= 0.3 is 0 Å². The average molecular weight is 433 g/mol. The highest BCUT2D eigenvalue weighted by Crippen LogP contribution is 2.20. The topological polar surface area (TPSA) is 74.8 Å². The van der Waals surface area contributed by atoms with Gasteiger partial charge in [-0.2, -0.15) is 16.1 Å². The number of nitrogens with zero attached hydrogens (tertiary/aromatic N) is 2. The molecule has 1 amide bonds. The summed E-state index contributed by atoms with van der Waals surface area (Å²) in [5.41, 5.74) is 2.26. The Morgan fingerprint density at radius 1 is 0.897 bits per heavy atom. The summed E-state index contributed by atoms with van der Waals surface area (Å²) in [4.78, 5) is 25.9. The molecule has 0 radical (unpaired) electrons. The number of carbonyl (C=O) groups is 2. The normalized spacial score (nSPS) is 15.3. The van der Waals surface area contributed by atoms with Crippen molar-refractivity contribution in [3.63, 3.8) is 0 Å². The Labute approximate surface area is 175 Å². The predicted octanol–water partition coefficient (Wildman–Crippen LogP) is 2.90. The van der Waals surface area contributed by atoms with Crippen LogP contribution in [0, 0.1) is 0 Å². The number of hydrogen-bond donors (Lipinski definition) is 0. The third kappa shape index (κ3) is 4.88. The fourth-order valence-corrected chi connectivity index (χ4v) is 5.18. The van der Waals surface area contributed by atoms with Crippen LogP contribution >= 0.6 is 11.8 Å². The summed E-state index contributed by atoms with van der Waals surface area (Å²) in [7, 11) is -3.65. The van der Waals surface area contributed by atoms with Crippen LogP contribution < -0.4 is 0 Å². The molecule has 2 aromatic rings. The van der Waals surface area contributed by atoms with Gasteiger partial charge in [-0.15, -0.1) is 0 Å². The van der Waals surface area contributed by atoms with Crippen LogP contribution in [-0.2, 0) is 15.8 Å². The van der Waals surface area contributed by atoms with E-state index in [0.29, 0.717) is 24.2 Å². The quantitative estimate of drug-likeness (QED) is 0.656. The SMILES string of the molecule is CSCc1ccc(C(=O)N2CCN(S(=O)(=O)c3ccc(C(C)=O)cc3)CC2)cc1. The van der Waals surface area contributed by atoms with Crippen molar-refractivity contribution >= 4 is 33.5 Å². The molecule has 8 heteroatoms. The van der Waals surface area contributed by atoms with Crippen molar-refractivity contribution in [3.05, 3.63) is 65.2 Å². The Balaban J connectivity index is 1.64. The number of piperazine rings is 1. The maximum Gasteiger partial charge on any atom is 0.253 e. The lowest BCUT2D eigenvalue weighted by Gasteiger charge is -2.34. The molecule has 0 bridgehead atoms. The molecule has 0 N–H and O–H groups in total. The van der Waals surface area contributed by atoms with Gasteiger partial charge in [-0.3, -0.25) is 9.59 Å². The molecule has 1 aliphatic heterocycles. The van der Waals surface area contributed by atoms with Crippen molar-refractivity contribution in [2.24, 2.45) is 0 Å². The lowest BCUT2D eigenvalue weighted by Crippen LogP contribution is -2.50. The smallest absolute Gasteiger partial charge is 0.253 e. The molecule has 1 heterocycles. The second-order valence-corrected chi connectivity index (χ2v) is 9.71. The fourth-order valence-electron chi connectivity index (χ4n) is 3.24. The van der Waals surface area contributed by atoms with Crippen LogP contribution in [0.1, 0.15) is 33.2 Å². The first-order chi connectivity index (χ1) is 13.8. The van der Waals surface area contributed by atoms with Crippen LogP contribution in [0.2, 0.25) is 0 Å². The number of sulfonamides is 1. The van der Waals surface area contributed by atoms with Crippen LogP contribution in [0.4, 0.5) is 0 Å². The highest BCUT2D eigenvalue weighted by atomic mass is 32.2. The zero-order chi connectivity index (χ0) is 21.0. The number of thioether (sulfide) groups is 1. The Hall–Kier alpha value is -2.16. The molecule has 0 spiro atoms. The van der Waals surface area contributed by atoms with Crippen LogP contribution in [-0.4, -0.2) is 61.7 Å². The van der Waals surface area contributed by atoms with E-state index in [1.54, 1.807) is 16.7 Å². The highest BCUT2D eigenvalue weighted by Gasteiger charge is 2.30. The third-order valence-corrected chi connectivity index (χ3v) is 7.47. The van der Waals surface area contributed by atoms with E-state index in [2.05, 4.69) is 0 Å². The van der Waals surface area contributed by atoms with E-state index < -0.39 is 10.0 Å². The minimum absolute atomic E-state index is 0.0800. The molecule has 0 atom stereocenters. The zero-order valence-electron chi connectivity index (χ0n) is 16.5. The molecule has 154 valence electrons. The minimum Gasteiger partial charge on any atom is -0.336 e. The summed E-state index contributed by atoms with van der Waals surface area (Å²) in [5, 5.41) is 0. The predicted molar refractivity (Wildman–Crippen MR) is 115 cm³/mol. The molecule has 0 unspecified atom stereocenters. The molecular formula is C21H24N2O4S2. The molecule has 1 saturated heterocycles. The number of Topliss-reactive ketones (excluding diaryl/α,β-unsaturated/α-hetero) is 1. The summed E-state index contributed by atoms with van der Waals surface area (Å²) in [6.07, 6.45) is 2.03. The molecule has 6 nitrogen and oxygen atoms in total. The van der Waals surface area contributed by atoms with Gasteiger partial charge in [0.2, 0.25) is 10.0 Å². The van der Waals surface area contributed by atoms with Crippen LogP contribution in [0.15, 0.2) is 53.4 Å². The summed E-state index contributed by atoms with van der Waals surface area (Å²) in [6, 6.07) is 13.5. The molecule has 1 aliphatic rings. The van der Waals surface area contributed by atoms with Gasteiger partial charge in [0, 0.05) is 43.1 Å². The van der Waals surface area contributed by atoms with E-state index in [9.17, 15) is 18.0 Å². The number of rotatable bonds is 6. The Bertz CT molecular complexity index is 978. The third-order valence-electron chi connectivity index (χ3n) is 4.94. The Morgan fingerprint density at radius 2 is 1.45 bits per heavy atom. The molecule has 2 aromatic carbocycles. The van der Waals surface area contributed by atoms with Crippen molar-refractivity contribution in [3.8, 4) is 0 Å². The van der Waals surface area contributed by atoms with Crippen LogP contribution in [0.3, 0.4) is 0 Å². The molecule has 0 saturated carbocycles. The largest absolute Gasteiger partial charge is 0.336 e. The van der Waals surface area contributed by atoms with E-state index in [-0.39, 0.29) is 29.7 Å². The Kier molecular flexibility index (Phi) is 6.77. The first-order valence-corrected chi connectivity index (χ1v) is 12.1. The van der Waals surface area contributed by atoms with E-state index in [1.807, 2.05) is 30.5 Å². The number of benzene rings is 2. The van der Waals surface area contributed by atoms with Gasteiger partial charge in [-0.25, -0.2) is 8.42 Å².